The molecule has 2 saturated heterocycles. The molecule has 0 radical (unpaired) electrons. The SMILES string of the molecule is C=C1CC(C(=O)N2CCC3(CN(C(=O)c4cc5n(n4)CCC5)C3)C2)(C(F)F)C1. The first-order valence-corrected chi connectivity index (χ1v) is 9.92. The Morgan fingerprint density at radius 3 is 2.50 bits per heavy atom. The quantitative estimate of drug-likeness (QED) is 0.743. The van der Waals surface area contributed by atoms with Crippen LogP contribution in [-0.2, 0) is 17.8 Å². The molecule has 28 heavy (non-hydrogen) atoms. The standard InChI is InChI=1S/C20H24F2N4O2/c1-13-8-20(9-13,17(21)22)18(28)24-6-4-19(10-24)11-25(12-19)16(27)15-7-14-3-2-5-26(14)23-15/h7,17H,1-6,8-12H2. The number of likely N-dealkylation sites (tertiary alicyclic amines) is 2. The summed E-state index contributed by atoms with van der Waals surface area (Å²) in [6.45, 7) is 6.65. The van der Waals surface area contributed by atoms with E-state index in [0.717, 1.165) is 37.1 Å². The van der Waals surface area contributed by atoms with Gasteiger partial charge in [-0.3, -0.25) is 14.3 Å². The Bertz CT molecular complexity index is 842. The first-order chi connectivity index (χ1) is 13.3. The van der Waals surface area contributed by atoms with E-state index < -0.39 is 17.7 Å². The number of rotatable bonds is 3. The fourth-order valence-corrected chi connectivity index (χ4v) is 5.35. The van der Waals surface area contributed by atoms with Gasteiger partial charge in [0.25, 0.3) is 12.3 Å². The van der Waals surface area contributed by atoms with Gasteiger partial charge in [0.05, 0.1) is 0 Å². The Labute approximate surface area is 162 Å². The molecule has 3 fully saturated rings. The van der Waals surface area contributed by atoms with Crippen molar-refractivity contribution in [2.75, 3.05) is 26.2 Å². The van der Waals surface area contributed by atoms with E-state index in [0.29, 0.717) is 31.9 Å². The number of aromatic nitrogens is 2. The fourth-order valence-electron chi connectivity index (χ4n) is 5.35. The Morgan fingerprint density at radius 2 is 1.86 bits per heavy atom. The summed E-state index contributed by atoms with van der Waals surface area (Å²) in [6.07, 6.45) is 0.290. The lowest BCUT2D eigenvalue weighted by atomic mass is 9.65. The van der Waals surface area contributed by atoms with E-state index in [1.165, 1.54) is 0 Å². The van der Waals surface area contributed by atoms with E-state index in [1.807, 2.05) is 10.7 Å². The van der Waals surface area contributed by atoms with Crippen LogP contribution in [0, 0.1) is 10.8 Å². The summed E-state index contributed by atoms with van der Waals surface area (Å²) in [6, 6.07) is 1.88. The summed E-state index contributed by atoms with van der Waals surface area (Å²) in [4.78, 5) is 28.8. The minimum atomic E-state index is -2.66. The summed E-state index contributed by atoms with van der Waals surface area (Å²) in [5.41, 5.74) is 0.585. The van der Waals surface area contributed by atoms with E-state index in [-0.39, 0.29) is 24.2 Å². The number of amides is 2. The summed E-state index contributed by atoms with van der Waals surface area (Å²) >= 11 is 0. The molecule has 150 valence electrons. The van der Waals surface area contributed by atoms with E-state index in [2.05, 4.69) is 11.7 Å². The lowest BCUT2D eigenvalue weighted by Gasteiger charge is -2.48. The Kier molecular flexibility index (Phi) is 3.74. The average molecular weight is 390 g/mol. The van der Waals surface area contributed by atoms with Crippen molar-refractivity contribution >= 4 is 11.8 Å². The largest absolute Gasteiger partial charge is 0.341 e. The maximum atomic E-state index is 13.6. The number of carbonyl (C=O) groups is 2. The number of allylic oxidation sites excluding steroid dienone is 1. The monoisotopic (exact) mass is 390 g/mol. The number of aryl methyl sites for hydroxylation is 2. The van der Waals surface area contributed by atoms with Crippen molar-refractivity contribution in [1.29, 1.82) is 0 Å². The number of fused-ring (bicyclic) bond motifs is 1. The van der Waals surface area contributed by atoms with Crippen LogP contribution in [0.15, 0.2) is 18.2 Å². The Balaban J connectivity index is 1.22. The molecule has 4 heterocycles. The molecule has 0 unspecified atom stereocenters. The van der Waals surface area contributed by atoms with E-state index in [9.17, 15) is 18.4 Å². The lowest BCUT2D eigenvalue weighted by Crippen LogP contribution is -2.60. The third-order valence-corrected chi connectivity index (χ3v) is 6.93. The van der Waals surface area contributed by atoms with Crippen molar-refractivity contribution in [3.05, 3.63) is 29.6 Å². The molecule has 0 aromatic carbocycles. The van der Waals surface area contributed by atoms with Gasteiger partial charge in [-0.2, -0.15) is 5.10 Å². The van der Waals surface area contributed by atoms with Gasteiger partial charge >= 0.3 is 0 Å². The molecule has 4 aliphatic rings. The molecule has 3 aliphatic heterocycles. The molecule has 1 aromatic heterocycles. The molecule has 0 N–H and O–H groups in total. The third kappa shape index (κ3) is 2.46. The van der Waals surface area contributed by atoms with E-state index in [4.69, 9.17) is 0 Å². The van der Waals surface area contributed by atoms with Crippen molar-refractivity contribution in [1.82, 2.24) is 19.6 Å². The number of carbonyl (C=O) groups excluding carboxylic acids is 2. The molecule has 1 spiro atoms. The zero-order chi connectivity index (χ0) is 19.7. The minimum absolute atomic E-state index is 0.0726. The van der Waals surface area contributed by atoms with Crippen LogP contribution in [0.1, 0.15) is 41.9 Å². The predicted octanol–water partition coefficient (Wildman–Crippen LogP) is 2.11. The summed E-state index contributed by atoms with van der Waals surface area (Å²) < 4.78 is 29.0. The lowest BCUT2D eigenvalue weighted by molar-refractivity contribution is -0.156. The molecule has 1 aromatic rings. The molecule has 6 nitrogen and oxygen atoms in total. The van der Waals surface area contributed by atoms with Gasteiger partial charge < -0.3 is 9.80 Å². The normalized spacial score (nSPS) is 24.5. The average Bonchev–Trinajstić information content (AvgIpc) is 3.29. The van der Waals surface area contributed by atoms with Crippen molar-refractivity contribution in [2.45, 2.75) is 45.1 Å². The van der Waals surface area contributed by atoms with Gasteiger partial charge in [-0.1, -0.05) is 12.2 Å². The van der Waals surface area contributed by atoms with E-state index in [1.54, 1.807) is 9.80 Å². The highest BCUT2D eigenvalue weighted by Gasteiger charge is 2.58. The van der Waals surface area contributed by atoms with Gasteiger partial charge in [-0.15, -0.1) is 0 Å². The van der Waals surface area contributed by atoms with E-state index >= 15 is 0 Å². The molecule has 5 rings (SSSR count). The maximum absolute atomic E-state index is 13.6. The highest BCUT2D eigenvalue weighted by Crippen LogP contribution is 2.51. The summed E-state index contributed by atoms with van der Waals surface area (Å²) in [7, 11) is 0. The van der Waals surface area contributed by atoms with Crippen molar-refractivity contribution in [3.63, 3.8) is 0 Å². The van der Waals surface area contributed by atoms with Gasteiger partial charge in [0.2, 0.25) is 5.91 Å². The van der Waals surface area contributed by atoms with Crippen LogP contribution in [0.5, 0.6) is 0 Å². The van der Waals surface area contributed by atoms with Gasteiger partial charge in [0.1, 0.15) is 5.41 Å². The van der Waals surface area contributed by atoms with Crippen LogP contribution in [0.4, 0.5) is 8.78 Å². The molecular formula is C20H24F2N4O2. The zero-order valence-corrected chi connectivity index (χ0v) is 15.8. The van der Waals surface area contributed by atoms with Crippen molar-refractivity contribution in [3.8, 4) is 0 Å². The first-order valence-electron chi connectivity index (χ1n) is 9.92. The molecular weight excluding hydrogens is 366 g/mol. The van der Waals surface area contributed by atoms with Gasteiger partial charge in [0, 0.05) is 43.8 Å². The molecule has 1 saturated carbocycles. The second-order valence-electron chi connectivity index (χ2n) is 9.05. The first kappa shape index (κ1) is 17.8. The van der Waals surface area contributed by atoms with Crippen LogP contribution in [0.25, 0.3) is 0 Å². The molecule has 0 bridgehead atoms. The second kappa shape index (κ2) is 5.87. The van der Waals surface area contributed by atoms with Gasteiger partial charge in [0.15, 0.2) is 5.69 Å². The molecule has 1 aliphatic carbocycles. The number of nitrogens with zero attached hydrogens (tertiary/aromatic N) is 4. The van der Waals surface area contributed by atoms with Crippen LogP contribution in [-0.4, -0.2) is 64.0 Å². The van der Waals surface area contributed by atoms with Crippen molar-refractivity contribution in [2.24, 2.45) is 10.8 Å². The third-order valence-electron chi connectivity index (χ3n) is 6.93. The number of halogens is 2. The molecule has 8 heteroatoms. The summed E-state index contributed by atoms with van der Waals surface area (Å²) in [5, 5.41) is 4.40. The minimum Gasteiger partial charge on any atom is -0.341 e. The highest BCUT2D eigenvalue weighted by atomic mass is 19.3. The Hall–Kier alpha value is -2.25. The highest BCUT2D eigenvalue weighted by molar-refractivity contribution is 5.93. The summed E-state index contributed by atoms with van der Waals surface area (Å²) in [5.74, 6) is -0.515. The maximum Gasteiger partial charge on any atom is 0.274 e. The smallest absolute Gasteiger partial charge is 0.274 e. The van der Waals surface area contributed by atoms with Gasteiger partial charge in [-0.25, -0.2) is 8.78 Å². The molecule has 0 atom stereocenters. The van der Waals surface area contributed by atoms with Crippen LogP contribution in [0.2, 0.25) is 0 Å². The zero-order valence-electron chi connectivity index (χ0n) is 15.8. The second-order valence-corrected chi connectivity index (χ2v) is 9.05. The van der Waals surface area contributed by atoms with Crippen LogP contribution >= 0.6 is 0 Å². The van der Waals surface area contributed by atoms with Gasteiger partial charge in [-0.05, 0) is 38.2 Å². The van der Waals surface area contributed by atoms with Crippen LogP contribution in [0.3, 0.4) is 0 Å². The Morgan fingerprint density at radius 1 is 1.14 bits per heavy atom. The fraction of sp³-hybridized carbons (Fsp3) is 0.650. The predicted molar refractivity (Wildman–Crippen MR) is 96.9 cm³/mol. The number of alkyl halides is 2. The van der Waals surface area contributed by atoms with Crippen LogP contribution < -0.4 is 0 Å². The topological polar surface area (TPSA) is 58.4 Å². The molecule has 2 amide bonds. The van der Waals surface area contributed by atoms with Crippen molar-refractivity contribution < 1.29 is 18.4 Å². The number of hydrogen-bond acceptors (Lipinski definition) is 3. The number of hydrogen-bond donors (Lipinski definition) is 0.